The van der Waals surface area contributed by atoms with Crippen molar-refractivity contribution >= 4 is 46.4 Å². The fourth-order valence-corrected chi connectivity index (χ4v) is 2.13. The highest BCUT2D eigenvalue weighted by Gasteiger charge is 2.07. The van der Waals surface area contributed by atoms with Gasteiger partial charge in [-0.15, -0.1) is 0 Å². The van der Waals surface area contributed by atoms with Gasteiger partial charge in [-0.25, -0.2) is 4.98 Å². The van der Waals surface area contributed by atoms with Crippen LogP contribution in [-0.2, 0) is 6.42 Å². The van der Waals surface area contributed by atoms with Crippen LogP contribution < -0.4 is 10.6 Å². The minimum atomic E-state index is 0.362. The Kier molecular flexibility index (Phi) is 5.59. The second kappa shape index (κ2) is 7.43. The first-order valence-corrected chi connectivity index (χ1v) is 7.22. The first-order valence-electron chi connectivity index (χ1n) is 6.05. The Balaban J connectivity index is 1.82. The van der Waals surface area contributed by atoms with E-state index < -0.39 is 0 Å². The van der Waals surface area contributed by atoms with Crippen molar-refractivity contribution in [2.24, 2.45) is 0 Å². The zero-order valence-electron chi connectivity index (χ0n) is 10.6. The summed E-state index contributed by atoms with van der Waals surface area (Å²) >= 11 is 17.1. The number of nitrogens with zero attached hydrogens (tertiary/aromatic N) is 1. The summed E-state index contributed by atoms with van der Waals surface area (Å²) in [6.07, 6.45) is 2.46. The molecule has 0 radical (unpaired) electrons. The third-order valence-electron chi connectivity index (χ3n) is 2.62. The summed E-state index contributed by atoms with van der Waals surface area (Å²) in [6.45, 7) is 0.730. The van der Waals surface area contributed by atoms with Crippen LogP contribution in [-0.4, -0.2) is 16.6 Å². The van der Waals surface area contributed by atoms with Crippen LogP contribution >= 0.6 is 35.4 Å². The molecule has 0 bridgehead atoms. The van der Waals surface area contributed by atoms with Gasteiger partial charge in [-0.1, -0.05) is 53.5 Å². The lowest BCUT2D eigenvalue weighted by atomic mass is 10.1. The summed E-state index contributed by atoms with van der Waals surface area (Å²) in [4.78, 5) is 4.09. The number of nitrogens with one attached hydrogen (secondary N) is 2. The van der Waals surface area contributed by atoms with Gasteiger partial charge in [0, 0.05) is 12.7 Å². The van der Waals surface area contributed by atoms with Crippen molar-refractivity contribution in [1.82, 2.24) is 10.3 Å². The van der Waals surface area contributed by atoms with E-state index in [0.29, 0.717) is 21.0 Å². The Hall–Kier alpha value is -1.36. The number of anilines is 1. The third-order valence-corrected chi connectivity index (χ3v) is 3.66. The van der Waals surface area contributed by atoms with Crippen molar-refractivity contribution in [2.45, 2.75) is 6.42 Å². The summed E-state index contributed by atoms with van der Waals surface area (Å²) in [6, 6.07) is 11.8. The predicted octanol–water partition coefficient (Wildman–Crippen LogP) is 3.92. The van der Waals surface area contributed by atoms with Crippen LogP contribution in [0.15, 0.2) is 42.6 Å². The molecule has 1 aromatic carbocycles. The molecule has 2 rings (SSSR count). The fraction of sp³-hybridized carbons (Fsp3) is 0.143. The molecule has 1 aromatic heterocycles. The van der Waals surface area contributed by atoms with E-state index in [9.17, 15) is 0 Å². The van der Waals surface area contributed by atoms with Crippen LogP contribution in [0.1, 0.15) is 5.56 Å². The molecule has 0 saturated carbocycles. The van der Waals surface area contributed by atoms with Gasteiger partial charge in [0.25, 0.3) is 0 Å². The lowest BCUT2D eigenvalue weighted by Gasteiger charge is -2.11. The van der Waals surface area contributed by atoms with Crippen molar-refractivity contribution in [3.05, 3.63) is 58.2 Å². The average molecular weight is 326 g/mol. The van der Waals surface area contributed by atoms with Crippen LogP contribution in [0.4, 0.5) is 5.82 Å². The van der Waals surface area contributed by atoms with Gasteiger partial charge in [0.15, 0.2) is 10.9 Å². The number of pyridine rings is 1. The Morgan fingerprint density at radius 2 is 1.90 bits per heavy atom. The molecule has 0 aliphatic heterocycles. The average Bonchev–Trinajstić information content (AvgIpc) is 2.45. The van der Waals surface area contributed by atoms with E-state index in [0.717, 1.165) is 13.0 Å². The molecule has 2 N–H and O–H groups in total. The summed E-state index contributed by atoms with van der Waals surface area (Å²) in [5.41, 5.74) is 1.25. The Labute approximate surface area is 133 Å². The van der Waals surface area contributed by atoms with Gasteiger partial charge >= 0.3 is 0 Å². The highest BCUT2D eigenvalue weighted by molar-refractivity contribution is 7.80. The van der Waals surface area contributed by atoms with E-state index in [1.54, 1.807) is 12.3 Å². The summed E-state index contributed by atoms with van der Waals surface area (Å²) in [5, 5.41) is 7.31. The lowest BCUT2D eigenvalue weighted by molar-refractivity contribution is 0.873. The van der Waals surface area contributed by atoms with E-state index in [1.165, 1.54) is 5.56 Å². The minimum Gasteiger partial charge on any atom is -0.362 e. The molecule has 0 atom stereocenters. The highest BCUT2D eigenvalue weighted by atomic mass is 35.5. The Morgan fingerprint density at radius 3 is 2.65 bits per heavy atom. The molecule has 0 aliphatic carbocycles. The van der Waals surface area contributed by atoms with E-state index >= 15 is 0 Å². The molecule has 20 heavy (non-hydrogen) atoms. The number of hydrogen-bond acceptors (Lipinski definition) is 2. The normalized spacial score (nSPS) is 10.1. The van der Waals surface area contributed by atoms with Gasteiger partial charge in [0.1, 0.15) is 5.02 Å². The number of halogens is 2. The van der Waals surface area contributed by atoms with Gasteiger partial charge in [-0.2, -0.15) is 0 Å². The van der Waals surface area contributed by atoms with Crippen molar-refractivity contribution in [2.75, 3.05) is 11.9 Å². The molecule has 104 valence electrons. The molecule has 0 unspecified atom stereocenters. The topological polar surface area (TPSA) is 37.0 Å². The number of rotatable bonds is 4. The van der Waals surface area contributed by atoms with Gasteiger partial charge in [0.05, 0.1) is 5.02 Å². The number of aromatic nitrogens is 1. The molecule has 6 heteroatoms. The maximum Gasteiger partial charge on any atom is 0.171 e. The molecular weight excluding hydrogens is 313 g/mol. The lowest BCUT2D eigenvalue weighted by Crippen LogP contribution is -2.30. The summed E-state index contributed by atoms with van der Waals surface area (Å²) in [5.74, 6) is 0.455. The van der Waals surface area contributed by atoms with Gasteiger partial charge in [-0.05, 0) is 30.3 Å². The maximum atomic E-state index is 6.02. The first kappa shape index (κ1) is 15.0. The van der Waals surface area contributed by atoms with Crippen LogP contribution in [0, 0.1) is 0 Å². The SMILES string of the molecule is S=C(NCCc1ccccc1)Nc1nccc(Cl)c1Cl. The molecule has 3 nitrogen and oxygen atoms in total. The number of thiocarbonyl (C=S) groups is 1. The van der Waals surface area contributed by atoms with Gasteiger partial charge in [0.2, 0.25) is 0 Å². The van der Waals surface area contributed by atoms with Crippen molar-refractivity contribution in [1.29, 1.82) is 0 Å². The zero-order chi connectivity index (χ0) is 14.4. The summed E-state index contributed by atoms with van der Waals surface area (Å²) in [7, 11) is 0. The van der Waals surface area contributed by atoms with Crippen LogP contribution in [0.2, 0.25) is 10.0 Å². The molecule has 0 aliphatic rings. The van der Waals surface area contributed by atoms with E-state index in [-0.39, 0.29) is 0 Å². The summed E-state index contributed by atoms with van der Waals surface area (Å²) < 4.78 is 0. The van der Waals surface area contributed by atoms with E-state index in [2.05, 4.69) is 27.8 Å². The number of hydrogen-bond donors (Lipinski definition) is 2. The standard InChI is InChI=1S/C14H13Cl2N3S/c15-11-7-9-17-13(12(11)16)19-14(20)18-8-6-10-4-2-1-3-5-10/h1-5,7,9H,6,8H2,(H2,17,18,19,20). The largest absolute Gasteiger partial charge is 0.362 e. The second-order valence-electron chi connectivity index (χ2n) is 4.07. The number of benzene rings is 1. The molecular formula is C14H13Cl2N3S. The smallest absolute Gasteiger partial charge is 0.171 e. The van der Waals surface area contributed by atoms with Crippen molar-refractivity contribution in [3.63, 3.8) is 0 Å². The predicted molar refractivity (Wildman–Crippen MR) is 88.6 cm³/mol. The van der Waals surface area contributed by atoms with E-state index in [1.807, 2.05) is 18.2 Å². The molecule has 2 aromatic rings. The first-order chi connectivity index (χ1) is 9.66. The minimum absolute atomic E-state index is 0.362. The molecule has 1 heterocycles. The fourth-order valence-electron chi connectivity index (χ4n) is 1.62. The maximum absolute atomic E-state index is 6.02. The van der Waals surface area contributed by atoms with Crippen LogP contribution in [0.3, 0.4) is 0 Å². The Morgan fingerprint density at radius 1 is 1.15 bits per heavy atom. The Bertz CT molecular complexity index is 590. The van der Waals surface area contributed by atoms with Crippen LogP contribution in [0.5, 0.6) is 0 Å². The monoisotopic (exact) mass is 325 g/mol. The van der Waals surface area contributed by atoms with Gasteiger partial charge < -0.3 is 10.6 Å². The third kappa shape index (κ3) is 4.34. The molecule has 0 saturated heterocycles. The van der Waals surface area contributed by atoms with Crippen LogP contribution in [0.25, 0.3) is 0 Å². The van der Waals surface area contributed by atoms with Crippen molar-refractivity contribution in [3.8, 4) is 0 Å². The van der Waals surface area contributed by atoms with Gasteiger partial charge in [-0.3, -0.25) is 0 Å². The quantitative estimate of drug-likeness (QED) is 0.835. The zero-order valence-corrected chi connectivity index (χ0v) is 12.9. The molecule has 0 amide bonds. The molecule has 0 fully saturated rings. The molecule has 0 spiro atoms. The second-order valence-corrected chi connectivity index (χ2v) is 5.27. The van der Waals surface area contributed by atoms with Crippen molar-refractivity contribution < 1.29 is 0 Å². The van der Waals surface area contributed by atoms with E-state index in [4.69, 9.17) is 35.4 Å². The highest BCUT2D eigenvalue weighted by Crippen LogP contribution is 2.27.